The van der Waals surface area contributed by atoms with Gasteiger partial charge in [0.2, 0.25) is 0 Å². The first kappa shape index (κ1) is 18.6. The summed E-state index contributed by atoms with van der Waals surface area (Å²) in [6.07, 6.45) is 0. The van der Waals surface area contributed by atoms with E-state index in [1.54, 1.807) is 24.3 Å². The van der Waals surface area contributed by atoms with Gasteiger partial charge in [0.25, 0.3) is 10.0 Å². The first-order valence-electron chi connectivity index (χ1n) is 7.50. The Morgan fingerprint density at radius 1 is 1.04 bits per heavy atom. The van der Waals surface area contributed by atoms with E-state index < -0.39 is 16.0 Å². The summed E-state index contributed by atoms with van der Waals surface area (Å²) in [6, 6.07) is 12.5. The smallest absolute Gasteiger partial charge is 0.343 e. The molecule has 0 saturated carbocycles. The summed E-state index contributed by atoms with van der Waals surface area (Å²) < 4.78 is 42.6. The van der Waals surface area contributed by atoms with Gasteiger partial charge < -0.3 is 14.2 Å². The van der Waals surface area contributed by atoms with Crippen molar-refractivity contribution in [3.8, 4) is 11.5 Å². The van der Waals surface area contributed by atoms with Gasteiger partial charge in [-0.25, -0.2) is 13.2 Å². The highest BCUT2D eigenvalue weighted by molar-refractivity contribution is 7.92. The van der Waals surface area contributed by atoms with Gasteiger partial charge in [-0.15, -0.1) is 0 Å². The Labute approximate surface area is 146 Å². The lowest BCUT2D eigenvalue weighted by Crippen LogP contribution is -2.14. The zero-order valence-corrected chi connectivity index (χ0v) is 14.7. The highest BCUT2D eigenvalue weighted by atomic mass is 32.2. The van der Waals surface area contributed by atoms with Crippen molar-refractivity contribution in [1.29, 1.82) is 0 Å². The molecule has 0 aliphatic heterocycles. The molecule has 0 radical (unpaired) electrons. The molecule has 0 saturated heterocycles. The molecule has 2 aromatic carbocycles. The van der Waals surface area contributed by atoms with Crippen LogP contribution in [0.25, 0.3) is 0 Å². The van der Waals surface area contributed by atoms with Crippen molar-refractivity contribution in [1.82, 2.24) is 0 Å². The monoisotopic (exact) mass is 365 g/mol. The molecule has 8 heteroatoms. The summed E-state index contributed by atoms with van der Waals surface area (Å²) in [5.41, 5.74) is 0.357. The Kier molecular flexibility index (Phi) is 6.24. The van der Waals surface area contributed by atoms with Crippen molar-refractivity contribution in [3.05, 3.63) is 48.5 Å². The third kappa shape index (κ3) is 5.12. The summed E-state index contributed by atoms with van der Waals surface area (Å²) in [4.78, 5) is 11.1. The molecule has 0 heterocycles. The van der Waals surface area contributed by atoms with Crippen molar-refractivity contribution < 1.29 is 27.4 Å². The van der Waals surface area contributed by atoms with E-state index in [9.17, 15) is 13.2 Å². The van der Waals surface area contributed by atoms with Crippen LogP contribution in [0.3, 0.4) is 0 Å². The summed E-state index contributed by atoms with van der Waals surface area (Å²) in [6.45, 7) is 1.99. The minimum Gasteiger partial charge on any atom is -0.492 e. The van der Waals surface area contributed by atoms with Crippen molar-refractivity contribution in [3.63, 3.8) is 0 Å². The molecule has 134 valence electrons. The highest BCUT2D eigenvalue weighted by Crippen LogP contribution is 2.27. The molecule has 0 aromatic heterocycles. The maximum atomic E-state index is 12.5. The van der Waals surface area contributed by atoms with Crippen LogP contribution in [-0.4, -0.2) is 34.7 Å². The standard InChI is InChI=1S/C17H19NO6S/c1-3-23-16-7-5-4-6-15(16)18-25(20,21)14-10-8-13(9-11-14)24-12-17(19)22-2/h4-11,18H,3,12H2,1-2H3. The number of ether oxygens (including phenoxy) is 3. The Morgan fingerprint density at radius 2 is 1.72 bits per heavy atom. The van der Waals surface area contributed by atoms with Crippen molar-refractivity contribution in [2.24, 2.45) is 0 Å². The maximum Gasteiger partial charge on any atom is 0.343 e. The molecular formula is C17H19NO6S. The van der Waals surface area contributed by atoms with Gasteiger partial charge in [0.15, 0.2) is 6.61 Å². The number of anilines is 1. The van der Waals surface area contributed by atoms with Gasteiger partial charge in [-0.3, -0.25) is 4.72 Å². The van der Waals surface area contributed by atoms with Crippen LogP contribution in [0.15, 0.2) is 53.4 Å². The van der Waals surface area contributed by atoms with Gasteiger partial charge in [-0.05, 0) is 43.3 Å². The van der Waals surface area contributed by atoms with E-state index in [0.29, 0.717) is 23.8 Å². The number of para-hydroxylation sites is 2. The Hall–Kier alpha value is -2.74. The predicted octanol–water partition coefficient (Wildman–Crippen LogP) is 2.44. The average Bonchev–Trinajstić information content (AvgIpc) is 2.61. The Morgan fingerprint density at radius 3 is 2.36 bits per heavy atom. The second-order valence-corrected chi connectivity index (χ2v) is 6.55. The van der Waals surface area contributed by atoms with E-state index in [2.05, 4.69) is 9.46 Å². The number of nitrogens with one attached hydrogen (secondary N) is 1. The Balaban J connectivity index is 2.13. The molecule has 7 nitrogen and oxygen atoms in total. The molecule has 0 atom stereocenters. The second kappa shape index (κ2) is 8.39. The first-order valence-corrected chi connectivity index (χ1v) is 8.99. The largest absolute Gasteiger partial charge is 0.492 e. The van der Waals surface area contributed by atoms with Crippen molar-refractivity contribution >= 4 is 21.7 Å². The van der Waals surface area contributed by atoms with Crippen LogP contribution in [0, 0.1) is 0 Å². The van der Waals surface area contributed by atoms with E-state index in [1.165, 1.54) is 31.4 Å². The number of esters is 1. The van der Waals surface area contributed by atoms with Gasteiger partial charge in [0, 0.05) is 0 Å². The van der Waals surface area contributed by atoms with E-state index in [4.69, 9.17) is 9.47 Å². The molecule has 0 bridgehead atoms. The first-order chi connectivity index (χ1) is 12.0. The number of carbonyl (C=O) groups excluding carboxylic acids is 1. The van der Waals surface area contributed by atoms with E-state index in [1.807, 2.05) is 6.92 Å². The van der Waals surface area contributed by atoms with Crippen LogP contribution in [0.4, 0.5) is 5.69 Å². The molecule has 0 spiro atoms. The molecule has 2 rings (SSSR count). The third-order valence-electron chi connectivity index (χ3n) is 3.15. The Bertz CT molecular complexity index is 817. The number of benzene rings is 2. The summed E-state index contributed by atoms with van der Waals surface area (Å²) in [5, 5.41) is 0. The molecule has 0 aliphatic rings. The molecule has 0 fully saturated rings. The van der Waals surface area contributed by atoms with Gasteiger partial charge in [-0.1, -0.05) is 12.1 Å². The lowest BCUT2D eigenvalue weighted by Gasteiger charge is -2.13. The summed E-state index contributed by atoms with van der Waals surface area (Å²) in [7, 11) is -2.53. The normalized spacial score (nSPS) is 10.8. The molecule has 2 aromatic rings. The maximum absolute atomic E-state index is 12.5. The number of sulfonamides is 1. The molecule has 0 amide bonds. The third-order valence-corrected chi connectivity index (χ3v) is 4.53. The minimum atomic E-state index is -3.78. The number of carbonyl (C=O) groups is 1. The van der Waals surface area contributed by atoms with E-state index in [-0.39, 0.29) is 11.5 Å². The number of hydrogen-bond acceptors (Lipinski definition) is 6. The van der Waals surface area contributed by atoms with Crippen molar-refractivity contribution in [2.45, 2.75) is 11.8 Å². The van der Waals surface area contributed by atoms with Crippen LogP contribution in [0.1, 0.15) is 6.92 Å². The zero-order valence-electron chi connectivity index (χ0n) is 13.9. The van der Waals surface area contributed by atoms with Gasteiger partial charge >= 0.3 is 5.97 Å². The van der Waals surface area contributed by atoms with Crippen LogP contribution >= 0.6 is 0 Å². The quantitative estimate of drug-likeness (QED) is 0.723. The summed E-state index contributed by atoms with van der Waals surface area (Å²) >= 11 is 0. The van der Waals surface area contributed by atoms with E-state index >= 15 is 0 Å². The zero-order chi connectivity index (χ0) is 18.3. The lowest BCUT2D eigenvalue weighted by molar-refractivity contribution is -0.142. The van der Waals surface area contributed by atoms with E-state index in [0.717, 1.165) is 0 Å². The fourth-order valence-corrected chi connectivity index (χ4v) is 3.02. The molecule has 25 heavy (non-hydrogen) atoms. The fraction of sp³-hybridized carbons (Fsp3) is 0.235. The fourth-order valence-electron chi connectivity index (χ4n) is 1.95. The molecule has 1 N–H and O–H groups in total. The van der Waals surface area contributed by atoms with Crippen LogP contribution in [0.5, 0.6) is 11.5 Å². The van der Waals surface area contributed by atoms with Crippen LogP contribution in [0.2, 0.25) is 0 Å². The molecular weight excluding hydrogens is 346 g/mol. The van der Waals surface area contributed by atoms with Crippen LogP contribution in [-0.2, 0) is 19.6 Å². The lowest BCUT2D eigenvalue weighted by atomic mass is 10.3. The minimum absolute atomic E-state index is 0.0595. The topological polar surface area (TPSA) is 90.9 Å². The average molecular weight is 365 g/mol. The highest BCUT2D eigenvalue weighted by Gasteiger charge is 2.16. The second-order valence-electron chi connectivity index (χ2n) is 4.87. The van der Waals surface area contributed by atoms with Crippen molar-refractivity contribution in [2.75, 3.05) is 25.0 Å². The van der Waals surface area contributed by atoms with Gasteiger partial charge in [-0.2, -0.15) is 0 Å². The number of hydrogen-bond donors (Lipinski definition) is 1. The number of methoxy groups -OCH3 is 1. The number of rotatable bonds is 8. The SMILES string of the molecule is CCOc1ccccc1NS(=O)(=O)c1ccc(OCC(=O)OC)cc1. The van der Waals surface area contributed by atoms with Crippen LogP contribution < -0.4 is 14.2 Å². The predicted molar refractivity (Wildman–Crippen MR) is 92.4 cm³/mol. The van der Waals surface area contributed by atoms with Gasteiger partial charge in [0.05, 0.1) is 24.3 Å². The molecule has 0 unspecified atom stereocenters. The summed E-state index contributed by atoms with van der Waals surface area (Å²) in [5.74, 6) is 0.288. The van der Waals surface area contributed by atoms with Gasteiger partial charge in [0.1, 0.15) is 11.5 Å². The molecule has 0 aliphatic carbocycles.